The summed E-state index contributed by atoms with van der Waals surface area (Å²) in [6, 6.07) is 11.5. The van der Waals surface area contributed by atoms with Crippen LogP contribution in [0.1, 0.15) is 31.2 Å². The van der Waals surface area contributed by atoms with Gasteiger partial charge < -0.3 is 19.7 Å². The molecule has 2 heterocycles. The first-order valence-corrected chi connectivity index (χ1v) is 11.6. The van der Waals surface area contributed by atoms with Crippen LogP contribution in [0.5, 0.6) is 11.5 Å². The minimum absolute atomic E-state index is 0.00769. The van der Waals surface area contributed by atoms with E-state index in [4.69, 9.17) is 9.47 Å². The van der Waals surface area contributed by atoms with Crippen molar-refractivity contribution in [2.75, 3.05) is 43.0 Å². The van der Waals surface area contributed by atoms with Crippen LogP contribution >= 0.6 is 0 Å². The molecule has 1 aromatic heterocycles. The SMILES string of the molecule is COc1ccc(/C=N/Nc2nc(Nc3ccc([N+](=O)[O-])cc3)nc(N3CCCCCC3)n2)cc1OC. The zero-order chi connectivity index (χ0) is 25.3. The largest absolute Gasteiger partial charge is 0.493 e. The molecule has 0 radical (unpaired) electrons. The molecule has 1 aliphatic heterocycles. The number of ether oxygens (including phenoxy) is 2. The third-order valence-corrected chi connectivity index (χ3v) is 5.63. The molecule has 188 valence electrons. The van der Waals surface area contributed by atoms with Gasteiger partial charge in [0.25, 0.3) is 5.69 Å². The fraction of sp³-hybridized carbons (Fsp3) is 0.333. The Hall–Kier alpha value is -4.48. The smallest absolute Gasteiger partial charge is 0.269 e. The Morgan fingerprint density at radius 2 is 1.64 bits per heavy atom. The number of nitro groups is 1. The summed E-state index contributed by atoms with van der Waals surface area (Å²) in [5.74, 6) is 2.34. The molecule has 2 N–H and O–H groups in total. The van der Waals surface area contributed by atoms with E-state index in [9.17, 15) is 10.1 Å². The summed E-state index contributed by atoms with van der Waals surface area (Å²) in [7, 11) is 3.16. The van der Waals surface area contributed by atoms with Gasteiger partial charge in [-0.3, -0.25) is 10.1 Å². The number of nitrogens with zero attached hydrogens (tertiary/aromatic N) is 6. The van der Waals surface area contributed by atoms with Gasteiger partial charge in [0.05, 0.1) is 25.4 Å². The molecule has 3 aromatic rings. The summed E-state index contributed by atoms with van der Waals surface area (Å²) >= 11 is 0. The number of hydrogen-bond acceptors (Lipinski definition) is 11. The summed E-state index contributed by atoms with van der Waals surface area (Å²) < 4.78 is 10.6. The number of rotatable bonds is 9. The van der Waals surface area contributed by atoms with Gasteiger partial charge in [-0.15, -0.1) is 0 Å². The average Bonchev–Trinajstić information content (AvgIpc) is 3.18. The van der Waals surface area contributed by atoms with Gasteiger partial charge in [0.2, 0.25) is 17.8 Å². The predicted molar refractivity (Wildman–Crippen MR) is 138 cm³/mol. The van der Waals surface area contributed by atoms with Crippen LogP contribution in [0.4, 0.5) is 29.2 Å². The molecule has 1 fully saturated rings. The lowest BCUT2D eigenvalue weighted by Gasteiger charge is -2.21. The fourth-order valence-corrected chi connectivity index (χ4v) is 3.78. The number of aromatic nitrogens is 3. The molecule has 36 heavy (non-hydrogen) atoms. The second-order valence-electron chi connectivity index (χ2n) is 8.10. The zero-order valence-electron chi connectivity index (χ0n) is 20.2. The summed E-state index contributed by atoms with van der Waals surface area (Å²) in [6.45, 7) is 1.71. The molecule has 1 aliphatic rings. The molecule has 0 saturated carbocycles. The highest BCUT2D eigenvalue weighted by Crippen LogP contribution is 2.27. The Morgan fingerprint density at radius 3 is 2.31 bits per heavy atom. The molecule has 0 aliphatic carbocycles. The molecule has 12 heteroatoms. The topological polar surface area (TPSA) is 140 Å². The van der Waals surface area contributed by atoms with E-state index in [0.29, 0.717) is 29.1 Å². The van der Waals surface area contributed by atoms with Gasteiger partial charge >= 0.3 is 0 Å². The van der Waals surface area contributed by atoms with Crippen molar-refractivity contribution in [2.45, 2.75) is 25.7 Å². The van der Waals surface area contributed by atoms with Crippen molar-refractivity contribution in [2.24, 2.45) is 5.10 Å². The van der Waals surface area contributed by atoms with E-state index in [1.54, 1.807) is 38.6 Å². The number of nitrogens with one attached hydrogen (secondary N) is 2. The standard InChI is InChI=1S/C24H28N8O4/c1-35-20-12-7-17(15-21(20)36-2)16-25-30-23-27-22(26-18-8-10-19(11-9-18)32(33)34)28-24(29-23)31-13-5-3-4-6-14-31/h7-12,15-16H,3-6,13-14H2,1-2H3,(H2,26,27,28,29,30)/b25-16+. The Balaban J connectivity index is 1.56. The van der Waals surface area contributed by atoms with Crippen LogP contribution in [0.15, 0.2) is 47.6 Å². The normalized spacial score (nSPS) is 13.8. The summed E-state index contributed by atoms with van der Waals surface area (Å²) in [5.41, 5.74) is 4.31. The van der Waals surface area contributed by atoms with Crippen molar-refractivity contribution in [1.29, 1.82) is 0 Å². The van der Waals surface area contributed by atoms with Crippen LogP contribution in [0, 0.1) is 10.1 Å². The first-order chi connectivity index (χ1) is 17.6. The van der Waals surface area contributed by atoms with Crippen molar-refractivity contribution >= 4 is 35.4 Å². The molecule has 1 saturated heterocycles. The second kappa shape index (κ2) is 11.8. The molecule has 4 rings (SSSR count). The van der Waals surface area contributed by atoms with Crippen LogP contribution in [-0.4, -0.2) is 53.4 Å². The lowest BCUT2D eigenvalue weighted by atomic mass is 10.2. The monoisotopic (exact) mass is 492 g/mol. The van der Waals surface area contributed by atoms with Gasteiger partial charge in [-0.2, -0.15) is 20.1 Å². The number of benzene rings is 2. The van der Waals surface area contributed by atoms with Gasteiger partial charge in [-0.05, 0) is 48.7 Å². The summed E-state index contributed by atoms with van der Waals surface area (Å²) in [6.07, 6.45) is 6.11. The lowest BCUT2D eigenvalue weighted by Crippen LogP contribution is -2.26. The molecule has 0 spiro atoms. The van der Waals surface area contributed by atoms with Gasteiger partial charge in [0, 0.05) is 30.9 Å². The molecule has 0 unspecified atom stereocenters. The number of anilines is 4. The molecule has 0 bridgehead atoms. The van der Waals surface area contributed by atoms with E-state index in [2.05, 4.69) is 35.7 Å². The van der Waals surface area contributed by atoms with Crippen molar-refractivity contribution in [3.8, 4) is 11.5 Å². The Kier molecular flexibility index (Phi) is 8.06. The highest BCUT2D eigenvalue weighted by Gasteiger charge is 2.16. The highest BCUT2D eigenvalue weighted by molar-refractivity contribution is 5.81. The number of hydrazone groups is 1. The van der Waals surface area contributed by atoms with E-state index < -0.39 is 4.92 Å². The van der Waals surface area contributed by atoms with Gasteiger partial charge in [-0.25, -0.2) is 5.43 Å². The van der Waals surface area contributed by atoms with Crippen LogP contribution in [-0.2, 0) is 0 Å². The van der Waals surface area contributed by atoms with E-state index in [0.717, 1.165) is 31.5 Å². The lowest BCUT2D eigenvalue weighted by molar-refractivity contribution is -0.384. The van der Waals surface area contributed by atoms with Gasteiger partial charge in [0.1, 0.15) is 0 Å². The Bertz CT molecular complexity index is 1210. The third-order valence-electron chi connectivity index (χ3n) is 5.63. The first kappa shape index (κ1) is 24.6. The fourth-order valence-electron chi connectivity index (χ4n) is 3.78. The van der Waals surface area contributed by atoms with Gasteiger partial charge in [-0.1, -0.05) is 12.8 Å². The number of methoxy groups -OCH3 is 2. The number of hydrogen-bond donors (Lipinski definition) is 2. The van der Waals surface area contributed by atoms with Gasteiger partial charge in [0.15, 0.2) is 11.5 Å². The zero-order valence-corrected chi connectivity index (χ0v) is 20.2. The predicted octanol–water partition coefficient (Wildman–Crippen LogP) is 4.37. The molecule has 12 nitrogen and oxygen atoms in total. The number of non-ortho nitro benzene ring substituents is 1. The van der Waals surface area contributed by atoms with E-state index in [1.807, 2.05) is 12.1 Å². The summed E-state index contributed by atoms with van der Waals surface area (Å²) in [5, 5.41) is 18.3. The van der Waals surface area contributed by atoms with Crippen molar-refractivity contribution in [1.82, 2.24) is 15.0 Å². The van der Waals surface area contributed by atoms with E-state index in [1.165, 1.54) is 25.0 Å². The molecule has 0 amide bonds. The molecular weight excluding hydrogens is 464 g/mol. The van der Waals surface area contributed by atoms with Crippen LogP contribution in [0.2, 0.25) is 0 Å². The van der Waals surface area contributed by atoms with Crippen LogP contribution < -0.4 is 25.1 Å². The summed E-state index contributed by atoms with van der Waals surface area (Å²) in [4.78, 5) is 26.2. The third kappa shape index (κ3) is 6.34. The minimum atomic E-state index is -0.442. The molecular formula is C24H28N8O4. The average molecular weight is 493 g/mol. The van der Waals surface area contributed by atoms with Crippen molar-refractivity contribution in [3.05, 3.63) is 58.1 Å². The maximum atomic E-state index is 10.9. The van der Waals surface area contributed by atoms with E-state index >= 15 is 0 Å². The first-order valence-electron chi connectivity index (χ1n) is 11.6. The van der Waals surface area contributed by atoms with Crippen molar-refractivity contribution < 1.29 is 14.4 Å². The molecule has 2 aromatic carbocycles. The quantitative estimate of drug-likeness (QED) is 0.251. The minimum Gasteiger partial charge on any atom is -0.493 e. The van der Waals surface area contributed by atoms with Crippen LogP contribution in [0.25, 0.3) is 0 Å². The maximum Gasteiger partial charge on any atom is 0.269 e. The van der Waals surface area contributed by atoms with Crippen molar-refractivity contribution in [3.63, 3.8) is 0 Å². The van der Waals surface area contributed by atoms with Crippen LogP contribution in [0.3, 0.4) is 0 Å². The Labute approximate surface area is 208 Å². The Morgan fingerprint density at radius 1 is 0.944 bits per heavy atom. The number of nitro benzene ring substituents is 1. The molecule has 0 atom stereocenters. The highest BCUT2D eigenvalue weighted by atomic mass is 16.6. The second-order valence-corrected chi connectivity index (χ2v) is 8.10. The maximum absolute atomic E-state index is 10.9. The van der Waals surface area contributed by atoms with E-state index in [-0.39, 0.29) is 11.6 Å².